The van der Waals surface area contributed by atoms with Gasteiger partial charge in [-0.1, -0.05) is 42.3 Å². The van der Waals surface area contributed by atoms with Gasteiger partial charge in [0.25, 0.3) is 0 Å². The number of anilines is 1. The topological polar surface area (TPSA) is 40.6 Å². The average molecular weight is 346 g/mol. The molecule has 0 radical (unpaired) electrons. The summed E-state index contributed by atoms with van der Waals surface area (Å²) in [5.74, 6) is 2.31. The molecule has 4 nitrogen and oxygen atoms in total. The van der Waals surface area contributed by atoms with Crippen molar-refractivity contribution in [2.75, 3.05) is 18.0 Å². The van der Waals surface area contributed by atoms with Crippen LogP contribution in [0.25, 0.3) is 0 Å². The zero-order valence-corrected chi connectivity index (χ0v) is 14.9. The molecule has 0 bridgehead atoms. The van der Waals surface area contributed by atoms with Crippen molar-refractivity contribution in [3.63, 3.8) is 0 Å². The molecule has 1 saturated heterocycles. The van der Waals surface area contributed by atoms with E-state index in [9.17, 15) is 9.59 Å². The second-order valence-electron chi connectivity index (χ2n) is 6.44. The van der Waals surface area contributed by atoms with Gasteiger partial charge in [-0.05, 0) is 30.7 Å². The number of likely N-dealkylation sites (tertiary alicyclic amines) is 1. The minimum atomic E-state index is -0.319. The lowest BCUT2D eigenvalue weighted by Crippen LogP contribution is -2.37. The summed E-state index contributed by atoms with van der Waals surface area (Å²) in [6, 6.07) is 17.3. The second-order valence-corrected chi connectivity index (χ2v) is 6.44. The summed E-state index contributed by atoms with van der Waals surface area (Å²) >= 11 is 0. The Morgan fingerprint density at radius 2 is 2.00 bits per heavy atom. The third-order valence-electron chi connectivity index (χ3n) is 4.72. The summed E-state index contributed by atoms with van der Waals surface area (Å²) in [6.45, 7) is 3.50. The number of amides is 2. The SMILES string of the molecule is C#Cc1cccc(N(Cc2ccccc2)C(=O)C2CC(=O)N(CC)C2)c1. The van der Waals surface area contributed by atoms with E-state index in [2.05, 4.69) is 5.92 Å². The lowest BCUT2D eigenvalue weighted by molar-refractivity contribution is -0.128. The molecule has 2 amide bonds. The van der Waals surface area contributed by atoms with E-state index in [1.54, 1.807) is 9.80 Å². The molecule has 1 aliphatic rings. The number of rotatable bonds is 5. The monoisotopic (exact) mass is 346 g/mol. The van der Waals surface area contributed by atoms with Crippen molar-refractivity contribution >= 4 is 17.5 Å². The van der Waals surface area contributed by atoms with Crippen molar-refractivity contribution in [2.45, 2.75) is 19.9 Å². The van der Waals surface area contributed by atoms with Gasteiger partial charge < -0.3 is 9.80 Å². The molecule has 3 rings (SSSR count). The third kappa shape index (κ3) is 3.78. The molecule has 1 aliphatic heterocycles. The Morgan fingerprint density at radius 3 is 2.65 bits per heavy atom. The van der Waals surface area contributed by atoms with Crippen molar-refractivity contribution < 1.29 is 9.59 Å². The number of hydrogen-bond donors (Lipinski definition) is 0. The fraction of sp³-hybridized carbons (Fsp3) is 0.273. The van der Waals surface area contributed by atoms with Gasteiger partial charge >= 0.3 is 0 Å². The summed E-state index contributed by atoms with van der Waals surface area (Å²) in [7, 11) is 0. The Balaban J connectivity index is 1.91. The molecule has 1 atom stereocenters. The minimum absolute atomic E-state index is 0.0349. The number of nitrogens with zero attached hydrogens (tertiary/aromatic N) is 2. The van der Waals surface area contributed by atoms with Crippen molar-refractivity contribution in [2.24, 2.45) is 5.92 Å². The summed E-state index contributed by atoms with van der Waals surface area (Å²) in [5, 5.41) is 0. The normalized spacial score (nSPS) is 16.4. The zero-order chi connectivity index (χ0) is 18.5. The predicted molar refractivity (Wildman–Crippen MR) is 102 cm³/mol. The van der Waals surface area contributed by atoms with Gasteiger partial charge in [0.15, 0.2) is 0 Å². The first-order chi connectivity index (χ1) is 12.6. The molecule has 1 unspecified atom stereocenters. The van der Waals surface area contributed by atoms with Crippen LogP contribution in [0.15, 0.2) is 54.6 Å². The molecular weight excluding hydrogens is 324 g/mol. The molecule has 2 aromatic rings. The number of hydrogen-bond acceptors (Lipinski definition) is 2. The van der Waals surface area contributed by atoms with Gasteiger partial charge in [0, 0.05) is 30.8 Å². The molecular formula is C22H22N2O2. The van der Waals surface area contributed by atoms with Crippen LogP contribution in [0.4, 0.5) is 5.69 Å². The molecule has 2 aromatic carbocycles. The van der Waals surface area contributed by atoms with Gasteiger partial charge in [0.05, 0.1) is 12.5 Å². The van der Waals surface area contributed by atoms with E-state index in [1.807, 2.05) is 61.5 Å². The highest BCUT2D eigenvalue weighted by Crippen LogP contribution is 2.26. The molecule has 0 spiro atoms. The summed E-state index contributed by atoms with van der Waals surface area (Å²) < 4.78 is 0. The van der Waals surface area contributed by atoms with E-state index in [4.69, 9.17) is 6.42 Å². The molecule has 0 aliphatic carbocycles. The minimum Gasteiger partial charge on any atom is -0.342 e. The van der Waals surface area contributed by atoms with E-state index >= 15 is 0 Å². The van der Waals surface area contributed by atoms with Crippen LogP contribution >= 0.6 is 0 Å². The van der Waals surface area contributed by atoms with E-state index in [0.29, 0.717) is 19.6 Å². The van der Waals surface area contributed by atoms with Crippen molar-refractivity contribution in [3.05, 3.63) is 65.7 Å². The van der Waals surface area contributed by atoms with Crippen LogP contribution in [0, 0.1) is 18.3 Å². The van der Waals surface area contributed by atoms with Crippen LogP contribution in [-0.2, 0) is 16.1 Å². The Bertz CT molecular complexity index is 839. The van der Waals surface area contributed by atoms with Crippen LogP contribution in [0.1, 0.15) is 24.5 Å². The summed E-state index contributed by atoms with van der Waals surface area (Å²) in [6.07, 6.45) is 5.79. The largest absolute Gasteiger partial charge is 0.342 e. The smallest absolute Gasteiger partial charge is 0.232 e. The Morgan fingerprint density at radius 1 is 1.23 bits per heavy atom. The maximum Gasteiger partial charge on any atom is 0.232 e. The lowest BCUT2D eigenvalue weighted by atomic mass is 10.0. The molecule has 132 valence electrons. The average Bonchev–Trinajstić information content (AvgIpc) is 3.07. The quantitative estimate of drug-likeness (QED) is 0.781. The maximum absolute atomic E-state index is 13.3. The first kappa shape index (κ1) is 17.8. The standard InChI is InChI=1S/C22H22N2O2/c1-3-17-11-8-12-20(13-17)24(15-18-9-6-5-7-10-18)22(26)19-14-21(25)23(4-2)16-19/h1,5-13,19H,4,14-16H2,2H3. The van der Waals surface area contributed by atoms with Gasteiger partial charge in [-0.25, -0.2) is 0 Å². The van der Waals surface area contributed by atoms with Crippen LogP contribution in [0.3, 0.4) is 0 Å². The zero-order valence-electron chi connectivity index (χ0n) is 14.9. The van der Waals surface area contributed by atoms with Gasteiger partial charge in [0.1, 0.15) is 0 Å². The highest BCUT2D eigenvalue weighted by atomic mass is 16.2. The van der Waals surface area contributed by atoms with Crippen molar-refractivity contribution in [3.8, 4) is 12.3 Å². The van der Waals surface area contributed by atoms with Crippen LogP contribution in [-0.4, -0.2) is 29.8 Å². The molecule has 0 saturated carbocycles. The summed E-state index contributed by atoms with van der Waals surface area (Å²) in [5.41, 5.74) is 2.52. The van der Waals surface area contributed by atoms with Crippen LogP contribution < -0.4 is 4.90 Å². The number of terminal acetylenes is 1. The van der Waals surface area contributed by atoms with E-state index in [-0.39, 0.29) is 24.2 Å². The Labute approximate surface area is 154 Å². The molecule has 1 fully saturated rings. The summed E-state index contributed by atoms with van der Waals surface area (Å²) in [4.78, 5) is 28.8. The fourth-order valence-corrected chi connectivity index (χ4v) is 3.29. The predicted octanol–water partition coefficient (Wildman–Crippen LogP) is 3.07. The van der Waals surface area contributed by atoms with Gasteiger partial charge in [0.2, 0.25) is 11.8 Å². The lowest BCUT2D eigenvalue weighted by Gasteiger charge is -2.26. The van der Waals surface area contributed by atoms with E-state index in [1.165, 1.54) is 0 Å². The number of carbonyl (C=O) groups is 2. The third-order valence-corrected chi connectivity index (χ3v) is 4.72. The molecule has 0 aromatic heterocycles. The number of carbonyl (C=O) groups excluding carboxylic acids is 2. The molecule has 0 N–H and O–H groups in total. The van der Waals surface area contributed by atoms with E-state index in [0.717, 1.165) is 16.8 Å². The van der Waals surface area contributed by atoms with Crippen molar-refractivity contribution in [1.29, 1.82) is 0 Å². The number of benzene rings is 2. The molecule has 26 heavy (non-hydrogen) atoms. The van der Waals surface area contributed by atoms with Gasteiger partial charge in [-0.15, -0.1) is 6.42 Å². The van der Waals surface area contributed by atoms with E-state index < -0.39 is 0 Å². The van der Waals surface area contributed by atoms with Crippen LogP contribution in [0.2, 0.25) is 0 Å². The van der Waals surface area contributed by atoms with Gasteiger partial charge in [-0.2, -0.15) is 0 Å². The molecule has 1 heterocycles. The van der Waals surface area contributed by atoms with Crippen LogP contribution in [0.5, 0.6) is 0 Å². The molecule has 4 heteroatoms. The van der Waals surface area contributed by atoms with Gasteiger partial charge in [-0.3, -0.25) is 9.59 Å². The highest BCUT2D eigenvalue weighted by molar-refractivity contribution is 5.99. The first-order valence-electron chi connectivity index (χ1n) is 8.82. The fourth-order valence-electron chi connectivity index (χ4n) is 3.29. The highest BCUT2D eigenvalue weighted by Gasteiger charge is 2.36. The Kier molecular flexibility index (Phi) is 5.38. The second kappa shape index (κ2) is 7.88. The first-order valence-corrected chi connectivity index (χ1v) is 8.82. The maximum atomic E-state index is 13.3. The van der Waals surface area contributed by atoms with Crippen molar-refractivity contribution in [1.82, 2.24) is 4.90 Å². The Hall–Kier alpha value is -3.06.